The van der Waals surface area contributed by atoms with Gasteiger partial charge in [0.2, 0.25) is 16.0 Å². The molecular formula is C34H43N5O4S. The van der Waals surface area contributed by atoms with Crippen LogP contribution in [0.25, 0.3) is 17.1 Å². The van der Waals surface area contributed by atoms with Gasteiger partial charge in [-0.1, -0.05) is 69.7 Å². The molecular weight excluding hydrogens is 574 g/mol. The number of aromatic nitrogens is 4. The van der Waals surface area contributed by atoms with Crippen molar-refractivity contribution in [1.29, 1.82) is 0 Å². The first-order valence-corrected chi connectivity index (χ1v) is 16.6. The van der Waals surface area contributed by atoms with Gasteiger partial charge in [0.1, 0.15) is 5.82 Å². The normalized spacial score (nSPS) is 12.1. The van der Waals surface area contributed by atoms with Gasteiger partial charge in [-0.25, -0.2) is 32.7 Å². The van der Waals surface area contributed by atoms with Crippen LogP contribution in [0.3, 0.4) is 0 Å². The minimum atomic E-state index is -3.75. The molecule has 10 heteroatoms. The standard InChI is InChI=1S/C34H43N5O4S/c1-8-10-14-29-28(32(40)39(31(37-29)23(3)4)33-35-21-26(22-36-33)43-9-2)20-24-16-18-25(19-17-24)27-13-11-12-15-30(27)44(41,42)38-34(5,6)7/h11-13,15-19,21-23,38H,8-10,14,20H2,1-7H3. The Morgan fingerprint density at radius 2 is 1.64 bits per heavy atom. The van der Waals surface area contributed by atoms with Gasteiger partial charge in [-0.3, -0.25) is 4.79 Å². The van der Waals surface area contributed by atoms with Crippen molar-refractivity contribution in [3.8, 4) is 22.8 Å². The molecule has 0 saturated carbocycles. The van der Waals surface area contributed by atoms with Crippen LogP contribution < -0.4 is 15.0 Å². The third-order valence-corrected chi connectivity index (χ3v) is 8.78. The number of ether oxygens (including phenoxy) is 1. The Hall–Kier alpha value is -3.89. The van der Waals surface area contributed by atoms with Crippen LogP contribution in [0.5, 0.6) is 5.75 Å². The fraction of sp³-hybridized carbons (Fsp3) is 0.412. The number of rotatable bonds is 12. The summed E-state index contributed by atoms with van der Waals surface area (Å²) in [5, 5.41) is 0. The van der Waals surface area contributed by atoms with Gasteiger partial charge in [0.15, 0.2) is 5.75 Å². The summed E-state index contributed by atoms with van der Waals surface area (Å²) in [6.45, 7) is 13.9. The van der Waals surface area contributed by atoms with E-state index in [1.807, 2.05) is 71.9 Å². The van der Waals surface area contributed by atoms with Gasteiger partial charge in [0, 0.05) is 29.0 Å². The van der Waals surface area contributed by atoms with Gasteiger partial charge in [-0.15, -0.1) is 0 Å². The highest BCUT2D eigenvalue weighted by Crippen LogP contribution is 2.29. The van der Waals surface area contributed by atoms with Crippen LogP contribution in [0, 0.1) is 0 Å². The molecule has 0 fully saturated rings. The van der Waals surface area contributed by atoms with Crippen LogP contribution in [-0.2, 0) is 22.9 Å². The fourth-order valence-electron chi connectivity index (χ4n) is 5.00. The first kappa shape index (κ1) is 33.0. The number of hydrogen-bond donors (Lipinski definition) is 1. The van der Waals surface area contributed by atoms with Crippen LogP contribution in [-0.4, -0.2) is 40.1 Å². The number of hydrogen-bond acceptors (Lipinski definition) is 7. The van der Waals surface area contributed by atoms with Crippen LogP contribution >= 0.6 is 0 Å². The summed E-state index contributed by atoms with van der Waals surface area (Å²) in [7, 11) is -3.75. The first-order valence-electron chi connectivity index (χ1n) is 15.2. The lowest BCUT2D eigenvalue weighted by Gasteiger charge is -2.21. The van der Waals surface area contributed by atoms with Gasteiger partial charge >= 0.3 is 0 Å². The fourth-order valence-corrected chi connectivity index (χ4v) is 6.65. The summed E-state index contributed by atoms with van der Waals surface area (Å²) in [5.41, 5.74) is 2.87. The largest absolute Gasteiger partial charge is 0.491 e. The molecule has 2 aromatic carbocycles. The second-order valence-corrected chi connectivity index (χ2v) is 13.8. The van der Waals surface area contributed by atoms with E-state index in [9.17, 15) is 13.2 Å². The third-order valence-electron chi connectivity index (χ3n) is 6.96. The van der Waals surface area contributed by atoms with Crippen molar-refractivity contribution >= 4 is 10.0 Å². The average molecular weight is 618 g/mol. The lowest BCUT2D eigenvalue weighted by Crippen LogP contribution is -2.40. The topological polar surface area (TPSA) is 116 Å². The van der Waals surface area contributed by atoms with Gasteiger partial charge in [-0.05, 0) is 57.7 Å². The Morgan fingerprint density at radius 3 is 2.23 bits per heavy atom. The van der Waals surface area contributed by atoms with Crippen LogP contribution in [0.1, 0.15) is 89.9 Å². The minimum absolute atomic E-state index is 0.0318. The molecule has 0 aliphatic heterocycles. The molecule has 4 aromatic rings. The predicted octanol–water partition coefficient (Wildman–Crippen LogP) is 6.22. The summed E-state index contributed by atoms with van der Waals surface area (Å²) in [5.74, 6) is 1.38. The Bertz CT molecular complexity index is 1740. The Kier molecular flexibility index (Phi) is 10.4. The molecule has 0 aliphatic carbocycles. The highest BCUT2D eigenvalue weighted by atomic mass is 32.2. The van der Waals surface area contributed by atoms with Crippen LogP contribution in [0.2, 0.25) is 0 Å². The van der Waals surface area contributed by atoms with E-state index in [-0.39, 0.29) is 22.3 Å². The molecule has 0 radical (unpaired) electrons. The maximum absolute atomic E-state index is 14.2. The van der Waals surface area contributed by atoms with Gasteiger partial charge < -0.3 is 4.74 Å². The summed E-state index contributed by atoms with van der Waals surface area (Å²) in [6.07, 6.45) is 6.08. The van der Waals surface area contributed by atoms with E-state index in [1.165, 1.54) is 4.57 Å². The van der Waals surface area contributed by atoms with Crippen molar-refractivity contribution < 1.29 is 13.2 Å². The molecule has 0 amide bonds. The highest BCUT2D eigenvalue weighted by Gasteiger charge is 2.25. The van der Waals surface area contributed by atoms with Crippen molar-refractivity contribution in [2.75, 3.05) is 6.61 Å². The van der Waals surface area contributed by atoms with E-state index in [1.54, 1.807) is 30.6 Å². The van der Waals surface area contributed by atoms with Gasteiger partial charge in [0.25, 0.3) is 5.56 Å². The van der Waals surface area contributed by atoms with Crippen molar-refractivity contribution in [2.45, 2.75) is 90.5 Å². The lowest BCUT2D eigenvalue weighted by molar-refractivity contribution is 0.337. The summed E-state index contributed by atoms with van der Waals surface area (Å²) in [6, 6.07) is 14.6. The molecule has 0 aliphatic rings. The SMILES string of the molecule is CCCCc1nc(C(C)C)n(-c2ncc(OCC)cn2)c(=O)c1Cc1ccc(-c2ccccc2S(=O)(=O)NC(C)(C)C)cc1. The summed E-state index contributed by atoms with van der Waals surface area (Å²) >= 11 is 0. The molecule has 234 valence electrons. The summed E-state index contributed by atoms with van der Waals surface area (Å²) in [4.78, 5) is 28.3. The van der Waals surface area contributed by atoms with Gasteiger partial charge in [0.05, 0.1) is 29.6 Å². The highest BCUT2D eigenvalue weighted by molar-refractivity contribution is 7.89. The molecule has 2 aromatic heterocycles. The molecule has 0 atom stereocenters. The smallest absolute Gasteiger partial charge is 0.264 e. The molecule has 2 heterocycles. The quantitative estimate of drug-likeness (QED) is 0.201. The molecule has 0 unspecified atom stereocenters. The zero-order valence-corrected chi connectivity index (χ0v) is 27.5. The Balaban J connectivity index is 1.76. The first-order chi connectivity index (χ1) is 20.8. The lowest BCUT2D eigenvalue weighted by atomic mass is 9.98. The van der Waals surface area contributed by atoms with Crippen molar-refractivity contribution in [1.82, 2.24) is 24.2 Å². The Labute approximate surface area is 260 Å². The maximum atomic E-state index is 14.2. The van der Waals surface area contributed by atoms with Crippen molar-refractivity contribution in [2.24, 2.45) is 0 Å². The predicted molar refractivity (Wildman–Crippen MR) is 174 cm³/mol. The van der Waals surface area contributed by atoms with Crippen molar-refractivity contribution in [3.05, 3.63) is 93.9 Å². The molecule has 9 nitrogen and oxygen atoms in total. The number of sulfonamides is 1. The van der Waals surface area contributed by atoms with Crippen LogP contribution in [0.4, 0.5) is 0 Å². The van der Waals surface area contributed by atoms with Crippen LogP contribution in [0.15, 0.2) is 70.6 Å². The Morgan fingerprint density at radius 1 is 0.977 bits per heavy atom. The molecule has 44 heavy (non-hydrogen) atoms. The second-order valence-electron chi connectivity index (χ2n) is 12.2. The van der Waals surface area contributed by atoms with E-state index < -0.39 is 15.6 Å². The van der Waals surface area contributed by atoms with E-state index >= 15 is 0 Å². The molecule has 4 rings (SSSR count). The number of nitrogens with zero attached hydrogens (tertiary/aromatic N) is 4. The zero-order valence-electron chi connectivity index (χ0n) is 26.7. The summed E-state index contributed by atoms with van der Waals surface area (Å²) < 4.78 is 36.2. The molecule has 1 N–H and O–H groups in total. The van der Waals surface area contributed by atoms with E-state index in [0.717, 1.165) is 29.7 Å². The second kappa shape index (κ2) is 13.8. The monoisotopic (exact) mass is 617 g/mol. The molecule has 0 bridgehead atoms. The number of nitrogens with one attached hydrogen (secondary N) is 1. The third kappa shape index (κ3) is 7.78. The number of benzene rings is 2. The maximum Gasteiger partial charge on any atom is 0.264 e. The van der Waals surface area contributed by atoms with Gasteiger partial charge in [-0.2, -0.15) is 0 Å². The molecule has 0 spiro atoms. The number of aryl methyl sites for hydroxylation is 1. The zero-order chi connectivity index (χ0) is 32.1. The average Bonchev–Trinajstić information content (AvgIpc) is 2.97. The molecule has 0 saturated heterocycles. The number of unbranched alkanes of at least 4 members (excludes halogenated alkanes) is 1. The van der Waals surface area contributed by atoms with E-state index in [2.05, 4.69) is 21.6 Å². The van der Waals surface area contributed by atoms with Crippen molar-refractivity contribution in [3.63, 3.8) is 0 Å². The minimum Gasteiger partial charge on any atom is -0.491 e. The van der Waals surface area contributed by atoms with E-state index in [0.29, 0.717) is 42.1 Å². The van der Waals surface area contributed by atoms with E-state index in [4.69, 9.17) is 9.72 Å².